The van der Waals surface area contributed by atoms with Gasteiger partial charge in [-0.3, -0.25) is 4.98 Å². The van der Waals surface area contributed by atoms with Crippen molar-refractivity contribution < 1.29 is 14.1 Å². The second kappa shape index (κ2) is 5.32. The largest absolute Gasteiger partial charge is 0.444 e. The smallest absolute Gasteiger partial charge is 0.407 e. The van der Waals surface area contributed by atoms with E-state index >= 15 is 0 Å². The summed E-state index contributed by atoms with van der Waals surface area (Å²) in [5.41, 5.74) is -0.494. The van der Waals surface area contributed by atoms with Crippen LogP contribution in [-0.2, 0) is 4.74 Å². The number of nitrogens with zero attached hydrogens (tertiary/aromatic N) is 1. The summed E-state index contributed by atoms with van der Waals surface area (Å²) in [5.74, 6) is 0.802. The van der Waals surface area contributed by atoms with Gasteiger partial charge < -0.3 is 14.6 Å². The average Bonchev–Trinajstić information content (AvgIpc) is 2.83. The van der Waals surface area contributed by atoms with Gasteiger partial charge in [-0.1, -0.05) is 11.6 Å². The molecule has 1 aliphatic rings. The number of ether oxygens (including phenoxy) is 1. The van der Waals surface area contributed by atoms with Crippen LogP contribution in [0, 0.1) is 4.84 Å². The minimum absolute atomic E-state index is 0.00519. The standard InChI is InChI=1S/C12H19N3O3S/c1-12(2,3)17-10(16)13-8-6-4-5-7(8)9-14-11(19)18-15-9/h7-8H,4-6H2,1-3H3,(H,13,16)(H,14,15,19)/t7-,8+/m1/s1. The monoisotopic (exact) mass is 285 g/mol. The molecule has 2 N–H and O–H groups in total. The summed E-state index contributed by atoms with van der Waals surface area (Å²) in [6.45, 7) is 5.52. The second-order valence-corrected chi connectivity index (χ2v) is 6.14. The van der Waals surface area contributed by atoms with E-state index in [0.29, 0.717) is 5.82 Å². The maximum absolute atomic E-state index is 11.8. The van der Waals surface area contributed by atoms with Gasteiger partial charge in [0.05, 0.1) is 0 Å². The van der Waals surface area contributed by atoms with Crippen LogP contribution in [0.2, 0.25) is 0 Å². The molecule has 1 heterocycles. The highest BCUT2D eigenvalue weighted by Gasteiger charge is 2.33. The van der Waals surface area contributed by atoms with Crippen LogP contribution >= 0.6 is 12.2 Å². The number of alkyl carbamates (subject to hydrolysis) is 1. The Morgan fingerprint density at radius 3 is 2.84 bits per heavy atom. The van der Waals surface area contributed by atoms with E-state index < -0.39 is 11.7 Å². The van der Waals surface area contributed by atoms with Gasteiger partial charge in [-0.05, 0) is 45.8 Å². The molecule has 2 rings (SSSR count). The SMILES string of the molecule is CC(C)(C)OC(=O)N[C@H]1CCC[C@H]1c1noc(=S)[nH]1. The van der Waals surface area contributed by atoms with Gasteiger partial charge in [-0.15, -0.1) is 0 Å². The molecule has 0 saturated heterocycles. The van der Waals surface area contributed by atoms with Crippen molar-refractivity contribution in [2.45, 2.75) is 57.6 Å². The van der Waals surface area contributed by atoms with Crippen molar-refractivity contribution in [3.05, 3.63) is 10.7 Å². The minimum atomic E-state index is -0.494. The Balaban J connectivity index is 2.00. The highest BCUT2D eigenvalue weighted by atomic mass is 32.1. The first kappa shape index (κ1) is 14.0. The molecule has 7 heteroatoms. The molecule has 1 aromatic rings. The quantitative estimate of drug-likeness (QED) is 0.817. The minimum Gasteiger partial charge on any atom is -0.444 e. The number of rotatable bonds is 2. The van der Waals surface area contributed by atoms with Crippen molar-refractivity contribution >= 4 is 18.3 Å². The molecule has 0 spiro atoms. The van der Waals surface area contributed by atoms with E-state index in [1.165, 1.54) is 0 Å². The van der Waals surface area contributed by atoms with Crippen LogP contribution in [0.5, 0.6) is 0 Å². The highest BCUT2D eigenvalue weighted by Crippen LogP contribution is 2.33. The van der Waals surface area contributed by atoms with Gasteiger partial charge >= 0.3 is 6.09 Å². The lowest BCUT2D eigenvalue weighted by atomic mass is 10.0. The van der Waals surface area contributed by atoms with Crippen LogP contribution in [0.4, 0.5) is 4.79 Å². The number of carbonyl (C=O) groups is 1. The Labute approximate surface area is 116 Å². The van der Waals surface area contributed by atoms with E-state index in [9.17, 15) is 4.79 Å². The summed E-state index contributed by atoms with van der Waals surface area (Å²) in [6.07, 6.45) is 2.47. The number of amides is 1. The van der Waals surface area contributed by atoms with E-state index in [1.807, 2.05) is 20.8 Å². The molecule has 1 aliphatic carbocycles. The summed E-state index contributed by atoms with van der Waals surface area (Å²) in [7, 11) is 0. The van der Waals surface area contributed by atoms with Gasteiger partial charge in [0, 0.05) is 12.0 Å². The molecule has 1 aromatic heterocycles. The molecular weight excluding hydrogens is 266 g/mol. The number of nitrogens with one attached hydrogen (secondary N) is 2. The Bertz CT molecular complexity index is 503. The number of aromatic amines is 1. The van der Waals surface area contributed by atoms with Crippen LogP contribution in [0.15, 0.2) is 4.52 Å². The van der Waals surface area contributed by atoms with Crippen molar-refractivity contribution in [2.24, 2.45) is 0 Å². The number of hydrogen-bond donors (Lipinski definition) is 2. The van der Waals surface area contributed by atoms with Crippen molar-refractivity contribution in [1.82, 2.24) is 15.5 Å². The van der Waals surface area contributed by atoms with Crippen molar-refractivity contribution in [3.8, 4) is 0 Å². The van der Waals surface area contributed by atoms with Gasteiger partial charge in [-0.2, -0.15) is 0 Å². The Kier molecular flexibility index (Phi) is 3.93. The fourth-order valence-corrected chi connectivity index (χ4v) is 2.46. The summed E-state index contributed by atoms with van der Waals surface area (Å²) >= 11 is 4.87. The zero-order valence-corrected chi connectivity index (χ0v) is 12.2. The van der Waals surface area contributed by atoms with Crippen molar-refractivity contribution in [1.29, 1.82) is 0 Å². The summed E-state index contributed by atoms with van der Waals surface area (Å²) < 4.78 is 10.1. The molecule has 19 heavy (non-hydrogen) atoms. The molecule has 106 valence electrons. The Hall–Kier alpha value is -1.37. The van der Waals surface area contributed by atoms with Gasteiger partial charge in [0.15, 0.2) is 5.82 Å². The van der Waals surface area contributed by atoms with E-state index in [1.54, 1.807) is 0 Å². The van der Waals surface area contributed by atoms with Crippen molar-refractivity contribution in [3.63, 3.8) is 0 Å². The first-order valence-electron chi connectivity index (χ1n) is 6.40. The third-order valence-corrected chi connectivity index (χ3v) is 3.20. The van der Waals surface area contributed by atoms with Gasteiger partial charge in [0.25, 0.3) is 4.84 Å². The molecule has 0 aromatic carbocycles. The number of aromatic nitrogens is 2. The number of hydrogen-bond acceptors (Lipinski definition) is 5. The van der Waals surface area contributed by atoms with Crippen LogP contribution in [-0.4, -0.2) is 27.9 Å². The first-order chi connectivity index (χ1) is 8.85. The molecule has 1 saturated carbocycles. The van der Waals surface area contributed by atoms with Crippen LogP contribution in [0.3, 0.4) is 0 Å². The molecule has 0 aliphatic heterocycles. The second-order valence-electron chi connectivity index (χ2n) is 5.77. The van der Waals surface area contributed by atoms with Crippen LogP contribution in [0.1, 0.15) is 51.8 Å². The maximum Gasteiger partial charge on any atom is 0.407 e. The predicted molar refractivity (Wildman–Crippen MR) is 71.4 cm³/mol. The molecule has 0 radical (unpaired) electrons. The van der Waals surface area contributed by atoms with Crippen LogP contribution < -0.4 is 5.32 Å². The zero-order chi connectivity index (χ0) is 14.0. The molecule has 6 nitrogen and oxygen atoms in total. The van der Waals surface area contributed by atoms with Gasteiger partial charge in [-0.25, -0.2) is 4.79 Å². The lowest BCUT2D eigenvalue weighted by Crippen LogP contribution is -2.40. The summed E-state index contributed by atoms with van der Waals surface area (Å²) in [6, 6.07) is 0.00519. The Morgan fingerprint density at radius 2 is 2.26 bits per heavy atom. The lowest BCUT2D eigenvalue weighted by molar-refractivity contribution is 0.0500. The summed E-state index contributed by atoms with van der Waals surface area (Å²) in [4.78, 5) is 15.0. The van der Waals surface area contributed by atoms with Gasteiger partial charge in [0.1, 0.15) is 5.60 Å². The zero-order valence-electron chi connectivity index (χ0n) is 11.4. The topological polar surface area (TPSA) is 80.2 Å². The molecule has 1 fully saturated rings. The Morgan fingerprint density at radius 1 is 1.53 bits per heavy atom. The normalized spacial score (nSPS) is 23.3. The predicted octanol–water partition coefficient (Wildman–Crippen LogP) is 2.89. The van der Waals surface area contributed by atoms with Gasteiger partial charge in [0.2, 0.25) is 0 Å². The fourth-order valence-electron chi connectivity index (χ4n) is 2.32. The molecule has 2 atom stereocenters. The van der Waals surface area contributed by atoms with E-state index in [0.717, 1.165) is 19.3 Å². The summed E-state index contributed by atoms with van der Waals surface area (Å²) in [5, 5.41) is 6.80. The first-order valence-corrected chi connectivity index (χ1v) is 6.81. The fraction of sp³-hybridized carbons (Fsp3) is 0.750. The molecule has 1 amide bonds. The van der Waals surface area contributed by atoms with Crippen molar-refractivity contribution in [2.75, 3.05) is 0 Å². The van der Waals surface area contributed by atoms with E-state index in [4.69, 9.17) is 21.5 Å². The molecular formula is C12H19N3O3S. The van der Waals surface area contributed by atoms with E-state index in [2.05, 4.69) is 15.5 Å². The maximum atomic E-state index is 11.8. The third-order valence-electron chi connectivity index (χ3n) is 3.03. The highest BCUT2D eigenvalue weighted by molar-refractivity contribution is 7.71. The number of H-pyrrole nitrogens is 1. The van der Waals surface area contributed by atoms with E-state index in [-0.39, 0.29) is 16.8 Å². The molecule has 0 bridgehead atoms. The average molecular weight is 285 g/mol. The molecule has 0 unspecified atom stereocenters. The lowest BCUT2D eigenvalue weighted by Gasteiger charge is -2.23. The van der Waals surface area contributed by atoms with Crippen LogP contribution in [0.25, 0.3) is 0 Å². The third kappa shape index (κ3) is 3.79. The number of carbonyl (C=O) groups excluding carboxylic acids is 1.